The standard InChI is InChI=1S/C15H11BrN2O4S/c1-23(20,21)15-17-13(11-7-4-5-9-18(11)15)14(19)22-12-8-3-2-6-10(12)16/h2-9H,1H3. The van der Waals surface area contributed by atoms with Gasteiger partial charge in [-0.3, -0.25) is 4.40 Å². The van der Waals surface area contributed by atoms with Crippen LogP contribution in [0.4, 0.5) is 0 Å². The lowest BCUT2D eigenvalue weighted by Gasteiger charge is -2.04. The molecule has 0 saturated carbocycles. The van der Waals surface area contributed by atoms with Crippen LogP contribution in [0.2, 0.25) is 0 Å². The summed E-state index contributed by atoms with van der Waals surface area (Å²) < 4.78 is 31.0. The summed E-state index contributed by atoms with van der Waals surface area (Å²) in [4.78, 5) is 16.4. The summed E-state index contributed by atoms with van der Waals surface area (Å²) in [6, 6.07) is 11.8. The van der Waals surface area contributed by atoms with E-state index in [9.17, 15) is 13.2 Å². The van der Waals surface area contributed by atoms with Gasteiger partial charge in [0, 0.05) is 12.5 Å². The number of carbonyl (C=O) groups excluding carboxylic acids is 1. The van der Waals surface area contributed by atoms with Crippen LogP contribution in [0.15, 0.2) is 58.3 Å². The first-order valence-electron chi connectivity index (χ1n) is 6.52. The predicted molar refractivity (Wildman–Crippen MR) is 87.4 cm³/mol. The third kappa shape index (κ3) is 2.99. The van der Waals surface area contributed by atoms with E-state index in [1.54, 1.807) is 42.5 Å². The van der Waals surface area contributed by atoms with E-state index >= 15 is 0 Å². The number of halogens is 1. The summed E-state index contributed by atoms with van der Waals surface area (Å²) in [5.41, 5.74) is 0.312. The zero-order valence-electron chi connectivity index (χ0n) is 11.9. The van der Waals surface area contributed by atoms with E-state index in [0.29, 0.717) is 15.7 Å². The number of rotatable bonds is 3. The molecule has 6 nitrogen and oxygen atoms in total. The number of nitrogens with zero attached hydrogens (tertiary/aromatic N) is 2. The first kappa shape index (κ1) is 15.7. The zero-order chi connectivity index (χ0) is 16.6. The molecule has 0 unspecified atom stereocenters. The lowest BCUT2D eigenvalue weighted by Crippen LogP contribution is -2.10. The molecule has 3 aromatic rings. The van der Waals surface area contributed by atoms with Gasteiger partial charge in [-0.2, -0.15) is 0 Å². The molecule has 0 atom stereocenters. The Hall–Kier alpha value is -2.19. The maximum atomic E-state index is 12.4. The molecule has 2 aromatic heterocycles. The first-order chi connectivity index (χ1) is 10.9. The van der Waals surface area contributed by atoms with Crippen molar-refractivity contribution >= 4 is 37.3 Å². The van der Waals surface area contributed by atoms with Gasteiger partial charge >= 0.3 is 5.97 Å². The second kappa shape index (κ2) is 5.78. The highest BCUT2D eigenvalue weighted by Gasteiger charge is 2.24. The molecule has 1 aromatic carbocycles. The van der Waals surface area contributed by atoms with Gasteiger partial charge in [0.1, 0.15) is 5.75 Å². The van der Waals surface area contributed by atoms with Crippen molar-refractivity contribution < 1.29 is 17.9 Å². The third-order valence-corrected chi connectivity index (χ3v) is 4.69. The molecule has 0 amide bonds. The van der Waals surface area contributed by atoms with Crippen molar-refractivity contribution in [3.63, 3.8) is 0 Å². The Morgan fingerprint density at radius 2 is 1.87 bits per heavy atom. The highest BCUT2D eigenvalue weighted by atomic mass is 79.9. The van der Waals surface area contributed by atoms with E-state index in [0.717, 1.165) is 6.26 Å². The van der Waals surface area contributed by atoms with Gasteiger partial charge in [-0.25, -0.2) is 18.2 Å². The lowest BCUT2D eigenvalue weighted by molar-refractivity contribution is 0.0729. The van der Waals surface area contributed by atoms with Crippen LogP contribution in [-0.4, -0.2) is 30.0 Å². The van der Waals surface area contributed by atoms with Gasteiger partial charge in [0.2, 0.25) is 15.0 Å². The average molecular weight is 395 g/mol. The van der Waals surface area contributed by atoms with Crippen LogP contribution in [0.1, 0.15) is 10.5 Å². The van der Waals surface area contributed by atoms with Crippen LogP contribution in [-0.2, 0) is 9.84 Å². The molecule has 23 heavy (non-hydrogen) atoms. The quantitative estimate of drug-likeness (QED) is 0.504. The second-order valence-corrected chi connectivity index (χ2v) is 7.55. The van der Waals surface area contributed by atoms with Gasteiger partial charge in [0.25, 0.3) is 0 Å². The van der Waals surface area contributed by atoms with Crippen molar-refractivity contribution in [1.29, 1.82) is 0 Å². The molecule has 118 valence electrons. The minimum absolute atomic E-state index is 0.0539. The number of para-hydroxylation sites is 1. The monoisotopic (exact) mass is 394 g/mol. The topological polar surface area (TPSA) is 77.7 Å². The minimum Gasteiger partial charge on any atom is -0.421 e. The Morgan fingerprint density at radius 3 is 2.57 bits per heavy atom. The van der Waals surface area contributed by atoms with Crippen molar-refractivity contribution in [1.82, 2.24) is 9.38 Å². The Balaban J connectivity index is 2.10. The maximum absolute atomic E-state index is 12.4. The van der Waals surface area contributed by atoms with Crippen LogP contribution >= 0.6 is 15.9 Å². The van der Waals surface area contributed by atoms with Crippen molar-refractivity contribution in [3.05, 3.63) is 58.8 Å². The molecule has 0 aliphatic heterocycles. The molecule has 0 fully saturated rings. The van der Waals surface area contributed by atoms with Crippen molar-refractivity contribution in [2.45, 2.75) is 5.16 Å². The van der Waals surface area contributed by atoms with Gasteiger partial charge in [-0.1, -0.05) is 18.2 Å². The van der Waals surface area contributed by atoms with E-state index < -0.39 is 15.8 Å². The minimum atomic E-state index is -3.59. The molecule has 0 aliphatic rings. The molecular formula is C15H11BrN2O4S. The first-order valence-corrected chi connectivity index (χ1v) is 9.20. The van der Waals surface area contributed by atoms with Crippen LogP contribution < -0.4 is 4.74 Å². The molecule has 0 bridgehead atoms. The normalized spacial score (nSPS) is 11.6. The fourth-order valence-electron chi connectivity index (χ4n) is 2.10. The number of pyridine rings is 1. The summed E-state index contributed by atoms with van der Waals surface area (Å²) in [6.07, 6.45) is 2.58. The molecule has 0 radical (unpaired) electrons. The van der Waals surface area contributed by atoms with Gasteiger partial charge < -0.3 is 4.74 Å². The summed E-state index contributed by atoms with van der Waals surface area (Å²) in [7, 11) is -3.59. The molecular weight excluding hydrogens is 384 g/mol. The number of ether oxygens (including phenoxy) is 1. The molecule has 2 heterocycles. The fourth-order valence-corrected chi connectivity index (χ4v) is 3.24. The van der Waals surface area contributed by atoms with E-state index in [2.05, 4.69) is 20.9 Å². The summed E-state index contributed by atoms with van der Waals surface area (Å²) in [5.74, 6) is -0.397. The number of sulfone groups is 1. The smallest absolute Gasteiger partial charge is 0.364 e. The number of benzene rings is 1. The number of fused-ring (bicyclic) bond motifs is 1. The fraction of sp³-hybridized carbons (Fsp3) is 0.0667. The lowest BCUT2D eigenvalue weighted by atomic mass is 10.3. The SMILES string of the molecule is CS(=O)(=O)c1nc(C(=O)Oc2ccccc2Br)c2ccccn12. The van der Waals surface area contributed by atoms with Gasteiger partial charge in [-0.15, -0.1) is 0 Å². The van der Waals surface area contributed by atoms with Crippen molar-refractivity contribution in [2.24, 2.45) is 0 Å². The summed E-state index contributed by atoms with van der Waals surface area (Å²) in [5, 5.41) is -0.202. The van der Waals surface area contributed by atoms with Crippen LogP contribution in [0.25, 0.3) is 5.52 Å². The third-order valence-electron chi connectivity index (χ3n) is 3.08. The zero-order valence-corrected chi connectivity index (χ0v) is 14.3. The van der Waals surface area contributed by atoms with Crippen molar-refractivity contribution in [3.8, 4) is 5.75 Å². The Kier molecular flexibility index (Phi) is 3.95. The molecule has 0 saturated heterocycles. The number of esters is 1. The Bertz CT molecular complexity index is 1010. The van der Waals surface area contributed by atoms with E-state index in [-0.39, 0.29) is 10.9 Å². The summed E-state index contributed by atoms with van der Waals surface area (Å²) in [6.45, 7) is 0. The molecule has 0 spiro atoms. The maximum Gasteiger partial charge on any atom is 0.364 e. The average Bonchev–Trinajstić information content (AvgIpc) is 2.89. The Labute approximate surface area is 140 Å². The van der Waals surface area contributed by atoms with Crippen LogP contribution in [0.5, 0.6) is 5.75 Å². The second-order valence-electron chi connectivity index (χ2n) is 4.79. The summed E-state index contributed by atoms with van der Waals surface area (Å²) >= 11 is 3.29. The van der Waals surface area contributed by atoms with E-state index in [1.807, 2.05) is 0 Å². The number of hydrogen-bond donors (Lipinski definition) is 0. The molecule has 8 heteroatoms. The highest BCUT2D eigenvalue weighted by molar-refractivity contribution is 9.10. The predicted octanol–water partition coefficient (Wildman–Crippen LogP) is 2.72. The van der Waals surface area contributed by atoms with Crippen LogP contribution in [0, 0.1) is 0 Å². The van der Waals surface area contributed by atoms with Gasteiger partial charge in [-0.05, 0) is 40.2 Å². The van der Waals surface area contributed by atoms with Crippen molar-refractivity contribution in [2.75, 3.05) is 6.26 Å². The highest BCUT2D eigenvalue weighted by Crippen LogP contribution is 2.25. The number of hydrogen-bond acceptors (Lipinski definition) is 5. The largest absolute Gasteiger partial charge is 0.421 e. The molecule has 0 aliphatic carbocycles. The number of carbonyl (C=O) groups is 1. The van der Waals surface area contributed by atoms with Gasteiger partial charge in [0.15, 0.2) is 5.69 Å². The van der Waals surface area contributed by atoms with E-state index in [1.165, 1.54) is 10.6 Å². The Morgan fingerprint density at radius 1 is 1.17 bits per heavy atom. The van der Waals surface area contributed by atoms with E-state index in [4.69, 9.17) is 4.74 Å². The molecule has 0 N–H and O–H groups in total. The molecule has 3 rings (SSSR count). The van der Waals surface area contributed by atoms with Gasteiger partial charge in [0.05, 0.1) is 9.99 Å². The number of imidazole rings is 1. The number of aromatic nitrogens is 2. The van der Waals surface area contributed by atoms with Crippen LogP contribution in [0.3, 0.4) is 0 Å².